The van der Waals surface area contributed by atoms with Gasteiger partial charge < -0.3 is 10.5 Å². The van der Waals surface area contributed by atoms with E-state index in [2.05, 4.69) is 0 Å². The van der Waals surface area contributed by atoms with Gasteiger partial charge in [-0.3, -0.25) is 14.5 Å². The molecule has 2 amide bonds. The number of nitrogens with zero attached hydrogens (tertiary/aromatic N) is 1. The lowest BCUT2D eigenvalue weighted by Gasteiger charge is -2.20. The first-order chi connectivity index (χ1) is 10.2. The predicted molar refractivity (Wildman–Crippen MR) is 76.0 cm³/mol. The molecule has 0 aliphatic carbocycles. The minimum atomic E-state index is -0.380. The zero-order valence-electron chi connectivity index (χ0n) is 11.1. The Hall–Kier alpha value is -2.82. The van der Waals surface area contributed by atoms with Crippen LogP contribution < -0.4 is 10.5 Å². The minimum Gasteiger partial charge on any atom is -0.491 e. The topological polar surface area (TPSA) is 72.6 Å². The van der Waals surface area contributed by atoms with Gasteiger partial charge in [0.1, 0.15) is 18.4 Å². The number of hydrogen-bond acceptors (Lipinski definition) is 4. The molecular weight excluding hydrogens is 268 g/mol. The second kappa shape index (κ2) is 4.09. The molecule has 1 atom stereocenters. The molecule has 5 nitrogen and oxygen atoms in total. The monoisotopic (exact) mass is 280 g/mol. The molecule has 5 heteroatoms. The van der Waals surface area contributed by atoms with Crippen molar-refractivity contribution in [2.75, 3.05) is 12.3 Å². The molecule has 2 aromatic rings. The molecule has 4 rings (SSSR count). The van der Waals surface area contributed by atoms with Crippen LogP contribution >= 0.6 is 0 Å². The summed E-state index contributed by atoms with van der Waals surface area (Å²) < 4.78 is 5.57. The van der Waals surface area contributed by atoms with Crippen molar-refractivity contribution in [2.24, 2.45) is 0 Å². The van der Waals surface area contributed by atoms with Crippen LogP contribution in [0.15, 0.2) is 42.5 Å². The van der Waals surface area contributed by atoms with E-state index in [1.807, 2.05) is 24.3 Å². The average Bonchev–Trinajstić information content (AvgIpc) is 3.00. The molecule has 1 unspecified atom stereocenters. The summed E-state index contributed by atoms with van der Waals surface area (Å²) in [7, 11) is 0. The van der Waals surface area contributed by atoms with Gasteiger partial charge >= 0.3 is 0 Å². The molecule has 2 aliphatic rings. The number of rotatable bonds is 1. The minimum absolute atomic E-state index is 0.291. The summed E-state index contributed by atoms with van der Waals surface area (Å²) in [4.78, 5) is 26.3. The van der Waals surface area contributed by atoms with E-state index in [0.717, 1.165) is 11.3 Å². The molecule has 0 aromatic heterocycles. The normalized spacial score (nSPS) is 19.4. The third-order valence-corrected chi connectivity index (χ3v) is 3.93. The van der Waals surface area contributed by atoms with Gasteiger partial charge in [-0.15, -0.1) is 0 Å². The van der Waals surface area contributed by atoms with Crippen LogP contribution in [0.3, 0.4) is 0 Å². The summed E-state index contributed by atoms with van der Waals surface area (Å²) in [6.07, 6.45) is 0. The Balaban J connectivity index is 1.79. The smallest absolute Gasteiger partial charge is 0.262 e. The number of hydrogen-bond donors (Lipinski definition) is 1. The number of anilines is 1. The van der Waals surface area contributed by atoms with Crippen LogP contribution in [0.2, 0.25) is 0 Å². The average molecular weight is 280 g/mol. The third-order valence-electron chi connectivity index (χ3n) is 3.93. The first-order valence-corrected chi connectivity index (χ1v) is 6.66. The zero-order valence-corrected chi connectivity index (χ0v) is 11.1. The number of nitrogen functional groups attached to an aromatic ring is 1. The molecule has 0 fully saturated rings. The number of imide groups is 1. The van der Waals surface area contributed by atoms with Crippen LogP contribution in [0.5, 0.6) is 5.75 Å². The van der Waals surface area contributed by atoms with Gasteiger partial charge in [0.25, 0.3) is 11.8 Å². The molecule has 0 saturated carbocycles. The lowest BCUT2D eigenvalue weighted by Crippen LogP contribution is -2.34. The maximum Gasteiger partial charge on any atom is 0.262 e. The van der Waals surface area contributed by atoms with Gasteiger partial charge in [0.15, 0.2) is 0 Å². The van der Waals surface area contributed by atoms with Crippen molar-refractivity contribution in [3.8, 4) is 5.75 Å². The van der Waals surface area contributed by atoms with Crippen LogP contribution in [0.25, 0.3) is 0 Å². The summed E-state index contributed by atoms with van der Waals surface area (Å²) in [6, 6.07) is 11.9. The molecule has 0 radical (unpaired) electrons. The molecule has 0 saturated heterocycles. The SMILES string of the molecule is Nc1ccc2c(c1)C(=O)N(C1COc3ccccc31)C2=O. The quantitative estimate of drug-likeness (QED) is 0.640. The molecule has 104 valence electrons. The lowest BCUT2D eigenvalue weighted by atomic mass is 10.1. The number of carbonyl (C=O) groups is 2. The maximum atomic E-state index is 12.6. The highest BCUT2D eigenvalue weighted by Crippen LogP contribution is 2.39. The van der Waals surface area contributed by atoms with Crippen molar-refractivity contribution in [2.45, 2.75) is 6.04 Å². The fourth-order valence-electron chi connectivity index (χ4n) is 2.92. The highest BCUT2D eigenvalue weighted by Gasteiger charge is 2.43. The zero-order chi connectivity index (χ0) is 14.6. The fraction of sp³-hybridized carbons (Fsp3) is 0.125. The van der Waals surface area contributed by atoms with E-state index in [1.165, 1.54) is 4.90 Å². The van der Waals surface area contributed by atoms with E-state index in [4.69, 9.17) is 10.5 Å². The summed E-state index contributed by atoms with van der Waals surface area (Å²) in [5.41, 5.74) is 7.81. The first-order valence-electron chi connectivity index (χ1n) is 6.66. The van der Waals surface area contributed by atoms with Crippen molar-refractivity contribution in [1.82, 2.24) is 4.90 Å². The van der Waals surface area contributed by atoms with Crippen LogP contribution in [-0.2, 0) is 0 Å². The molecule has 2 aliphatic heterocycles. The van der Waals surface area contributed by atoms with E-state index < -0.39 is 0 Å². The number of amides is 2. The fourth-order valence-corrected chi connectivity index (χ4v) is 2.92. The summed E-state index contributed by atoms with van der Waals surface area (Å²) in [5, 5.41) is 0. The van der Waals surface area contributed by atoms with Crippen molar-refractivity contribution in [3.05, 3.63) is 59.2 Å². The van der Waals surface area contributed by atoms with Crippen molar-refractivity contribution >= 4 is 17.5 Å². The molecular formula is C16H12N2O3. The van der Waals surface area contributed by atoms with Crippen molar-refractivity contribution in [1.29, 1.82) is 0 Å². The Bertz CT molecular complexity index is 785. The van der Waals surface area contributed by atoms with E-state index in [9.17, 15) is 9.59 Å². The van der Waals surface area contributed by atoms with Crippen molar-refractivity contribution in [3.63, 3.8) is 0 Å². The molecule has 21 heavy (non-hydrogen) atoms. The standard InChI is InChI=1S/C16H12N2O3/c17-9-5-6-10-12(7-9)16(20)18(15(10)19)13-8-21-14-4-2-1-3-11(13)14/h1-7,13H,8,17H2. The van der Waals surface area contributed by atoms with Gasteiger partial charge in [0, 0.05) is 11.3 Å². The number of ether oxygens (including phenoxy) is 1. The number of nitrogens with two attached hydrogens (primary N) is 1. The van der Waals surface area contributed by atoms with Gasteiger partial charge in [0.05, 0.1) is 11.1 Å². The van der Waals surface area contributed by atoms with Gasteiger partial charge in [-0.05, 0) is 24.3 Å². The number of benzene rings is 2. The molecule has 2 N–H and O–H groups in total. The van der Waals surface area contributed by atoms with Crippen LogP contribution in [0, 0.1) is 0 Å². The predicted octanol–water partition coefficient (Wildman–Crippen LogP) is 2.00. The lowest BCUT2D eigenvalue weighted by molar-refractivity contribution is 0.0561. The molecule has 2 heterocycles. The number of para-hydroxylation sites is 1. The van der Waals surface area contributed by atoms with Gasteiger partial charge in [-0.2, -0.15) is 0 Å². The Labute approximate surface area is 120 Å². The second-order valence-electron chi connectivity index (χ2n) is 5.15. The van der Waals surface area contributed by atoms with Gasteiger partial charge in [-0.25, -0.2) is 0 Å². The van der Waals surface area contributed by atoms with Gasteiger partial charge in [-0.1, -0.05) is 18.2 Å². The van der Waals surface area contributed by atoms with E-state index in [0.29, 0.717) is 23.4 Å². The van der Waals surface area contributed by atoms with E-state index in [1.54, 1.807) is 18.2 Å². The Morgan fingerprint density at radius 2 is 1.81 bits per heavy atom. The summed E-state index contributed by atoms with van der Waals surface area (Å²) in [6.45, 7) is 0.292. The summed E-state index contributed by atoms with van der Waals surface area (Å²) in [5.74, 6) is 0.117. The Morgan fingerprint density at radius 3 is 2.67 bits per heavy atom. The number of fused-ring (bicyclic) bond motifs is 2. The Morgan fingerprint density at radius 1 is 1.05 bits per heavy atom. The summed E-state index contributed by atoms with van der Waals surface area (Å²) >= 11 is 0. The van der Waals surface area contributed by atoms with E-state index in [-0.39, 0.29) is 17.9 Å². The van der Waals surface area contributed by atoms with Crippen molar-refractivity contribution < 1.29 is 14.3 Å². The largest absolute Gasteiger partial charge is 0.491 e. The highest BCUT2D eigenvalue weighted by atomic mass is 16.5. The van der Waals surface area contributed by atoms with E-state index >= 15 is 0 Å². The first kappa shape index (κ1) is 12.0. The second-order valence-corrected chi connectivity index (χ2v) is 5.15. The van der Waals surface area contributed by atoms with Crippen LogP contribution in [0.1, 0.15) is 32.3 Å². The molecule has 0 spiro atoms. The highest BCUT2D eigenvalue weighted by molar-refractivity contribution is 6.22. The molecule has 0 bridgehead atoms. The third kappa shape index (κ3) is 1.57. The Kier molecular flexibility index (Phi) is 2.33. The number of carbonyl (C=O) groups excluding carboxylic acids is 2. The van der Waals surface area contributed by atoms with Gasteiger partial charge in [0.2, 0.25) is 0 Å². The molecule has 2 aromatic carbocycles. The van der Waals surface area contributed by atoms with Crippen LogP contribution in [0.4, 0.5) is 5.69 Å². The van der Waals surface area contributed by atoms with Crippen LogP contribution in [-0.4, -0.2) is 23.3 Å². The maximum absolute atomic E-state index is 12.6.